The Morgan fingerprint density at radius 3 is 1.81 bits per heavy atom. The zero-order valence-corrected chi connectivity index (χ0v) is 12.7. The molecule has 3 nitrogen and oxygen atoms in total. The monoisotopic (exact) mass is 303 g/mol. The predicted molar refractivity (Wildman–Crippen MR) is 81.2 cm³/mol. The summed E-state index contributed by atoms with van der Waals surface area (Å²) in [5.41, 5.74) is 1.80. The standard InChI is InChI=1S/C17H18NO2.ClH/c1-3-17(19)20-18(4-2,15-11-7-5-8-12-15)16-13-9-6-10-14-16;/h3,5-14H,1,4H2,2H3;1H/q+1;/p-1. The number of para-hydroxylation sites is 2. The number of hydroxylamine groups is 1. The molecule has 0 saturated carbocycles. The number of rotatable bonds is 5. The molecule has 0 bridgehead atoms. The summed E-state index contributed by atoms with van der Waals surface area (Å²) >= 11 is 0. The number of halogens is 1. The van der Waals surface area contributed by atoms with Crippen LogP contribution in [0.3, 0.4) is 0 Å². The van der Waals surface area contributed by atoms with Crippen LogP contribution >= 0.6 is 0 Å². The Labute approximate surface area is 131 Å². The van der Waals surface area contributed by atoms with Crippen LogP contribution in [0, 0.1) is 0 Å². The lowest BCUT2D eigenvalue weighted by Crippen LogP contribution is -3.00. The molecule has 2 rings (SSSR count). The molecule has 0 unspecified atom stereocenters. The number of carbonyl (C=O) groups is 1. The third-order valence-electron chi connectivity index (χ3n) is 3.20. The highest BCUT2D eigenvalue weighted by molar-refractivity contribution is 5.82. The SMILES string of the molecule is C=CC(=O)O[N+](CC)(c1ccccc1)c1ccccc1.[Cl-]. The average Bonchev–Trinajstić information content (AvgIpc) is 2.54. The van der Waals surface area contributed by atoms with Gasteiger partial charge in [0.2, 0.25) is 0 Å². The molecule has 0 aliphatic carbocycles. The summed E-state index contributed by atoms with van der Waals surface area (Å²) in [6.07, 6.45) is 1.19. The third kappa shape index (κ3) is 3.51. The smallest absolute Gasteiger partial charge is 0.390 e. The van der Waals surface area contributed by atoms with Crippen molar-refractivity contribution in [2.45, 2.75) is 6.92 Å². The number of carbonyl (C=O) groups excluding carboxylic acids is 1. The number of hydrogen-bond donors (Lipinski definition) is 0. The van der Waals surface area contributed by atoms with Crippen LogP contribution in [-0.2, 0) is 9.63 Å². The fourth-order valence-corrected chi connectivity index (χ4v) is 2.21. The molecule has 0 spiro atoms. The van der Waals surface area contributed by atoms with Crippen molar-refractivity contribution in [3.8, 4) is 0 Å². The van der Waals surface area contributed by atoms with Crippen LogP contribution in [-0.4, -0.2) is 12.5 Å². The van der Waals surface area contributed by atoms with Crippen molar-refractivity contribution in [1.29, 1.82) is 0 Å². The lowest BCUT2D eigenvalue weighted by Gasteiger charge is -2.32. The van der Waals surface area contributed by atoms with E-state index in [1.165, 1.54) is 6.08 Å². The summed E-state index contributed by atoms with van der Waals surface area (Å²) in [4.78, 5) is 17.5. The summed E-state index contributed by atoms with van der Waals surface area (Å²) in [7, 11) is 0. The molecule has 4 heteroatoms. The van der Waals surface area contributed by atoms with Crippen molar-refractivity contribution in [3.63, 3.8) is 0 Å². The number of benzene rings is 2. The van der Waals surface area contributed by atoms with E-state index < -0.39 is 5.97 Å². The minimum atomic E-state index is -0.445. The van der Waals surface area contributed by atoms with Gasteiger partial charge in [-0.25, -0.2) is 4.79 Å². The van der Waals surface area contributed by atoms with Crippen molar-refractivity contribution < 1.29 is 22.0 Å². The molecule has 2 aromatic carbocycles. The molecule has 0 atom stereocenters. The van der Waals surface area contributed by atoms with Gasteiger partial charge in [0.25, 0.3) is 0 Å². The Morgan fingerprint density at radius 1 is 1.05 bits per heavy atom. The van der Waals surface area contributed by atoms with Crippen molar-refractivity contribution in [3.05, 3.63) is 73.3 Å². The normalized spacial score (nSPS) is 10.3. The molecule has 110 valence electrons. The van der Waals surface area contributed by atoms with E-state index in [0.717, 1.165) is 11.4 Å². The Balaban J connectivity index is 0.00000220. The minimum absolute atomic E-state index is 0. The molecule has 0 aliphatic heterocycles. The van der Waals surface area contributed by atoms with Gasteiger partial charge in [-0.15, -0.1) is 0 Å². The first kappa shape index (κ1) is 17.0. The Kier molecular flexibility index (Phi) is 6.15. The van der Waals surface area contributed by atoms with Crippen molar-refractivity contribution in [2.75, 3.05) is 6.54 Å². The number of nitrogens with zero attached hydrogens (tertiary/aromatic N) is 1. The van der Waals surface area contributed by atoms with Gasteiger partial charge < -0.3 is 12.4 Å². The van der Waals surface area contributed by atoms with Crippen LogP contribution < -0.4 is 17.1 Å². The van der Waals surface area contributed by atoms with E-state index in [1.807, 2.05) is 67.6 Å². The van der Waals surface area contributed by atoms with E-state index in [1.54, 1.807) is 0 Å². The van der Waals surface area contributed by atoms with E-state index in [4.69, 9.17) is 4.84 Å². The van der Waals surface area contributed by atoms with E-state index in [-0.39, 0.29) is 17.1 Å². The molecule has 0 N–H and O–H groups in total. The van der Waals surface area contributed by atoms with Gasteiger partial charge in [-0.3, -0.25) is 4.84 Å². The van der Waals surface area contributed by atoms with Gasteiger partial charge in [0.1, 0.15) is 6.54 Å². The third-order valence-corrected chi connectivity index (χ3v) is 3.20. The van der Waals surface area contributed by atoms with Gasteiger partial charge in [0.05, 0.1) is 0 Å². The zero-order chi connectivity index (χ0) is 14.4. The average molecular weight is 304 g/mol. The first-order chi connectivity index (χ1) is 9.73. The summed E-state index contributed by atoms with van der Waals surface area (Å²) in [6.45, 7) is 6.06. The van der Waals surface area contributed by atoms with Crippen molar-refractivity contribution in [2.24, 2.45) is 0 Å². The molecular formula is C17H18ClNO2. The van der Waals surface area contributed by atoms with Crippen LogP contribution in [0.1, 0.15) is 6.92 Å². The van der Waals surface area contributed by atoms with Gasteiger partial charge in [0.15, 0.2) is 11.4 Å². The molecule has 0 aliphatic rings. The second-order valence-corrected chi connectivity index (χ2v) is 4.34. The maximum atomic E-state index is 11.8. The van der Waals surface area contributed by atoms with Gasteiger partial charge in [-0.1, -0.05) is 47.6 Å². The zero-order valence-electron chi connectivity index (χ0n) is 11.9. The first-order valence-corrected chi connectivity index (χ1v) is 6.58. The van der Waals surface area contributed by atoms with E-state index >= 15 is 0 Å². The highest BCUT2D eigenvalue weighted by Crippen LogP contribution is 2.34. The highest BCUT2D eigenvalue weighted by Gasteiger charge is 2.36. The molecule has 21 heavy (non-hydrogen) atoms. The Bertz CT molecular complexity index is 545. The highest BCUT2D eigenvalue weighted by atomic mass is 35.5. The van der Waals surface area contributed by atoms with Crippen LogP contribution in [0.2, 0.25) is 0 Å². The molecule has 0 heterocycles. The lowest BCUT2D eigenvalue weighted by atomic mass is 10.2. The van der Waals surface area contributed by atoms with Crippen LogP contribution in [0.5, 0.6) is 0 Å². The Hall–Kier alpha value is -2.10. The fraction of sp³-hybridized carbons (Fsp3) is 0.118. The summed E-state index contributed by atoms with van der Waals surface area (Å²) in [5, 5.41) is 0. The first-order valence-electron chi connectivity index (χ1n) is 6.58. The second kappa shape index (κ2) is 7.62. The predicted octanol–water partition coefficient (Wildman–Crippen LogP) is 0.994. The molecule has 0 aromatic heterocycles. The van der Waals surface area contributed by atoms with Gasteiger partial charge in [-0.05, 0) is 6.92 Å². The molecule has 2 aromatic rings. The quantitative estimate of drug-likeness (QED) is 0.468. The largest absolute Gasteiger partial charge is 1.00 e. The molecule has 0 fully saturated rings. The Morgan fingerprint density at radius 2 is 1.48 bits per heavy atom. The van der Waals surface area contributed by atoms with Gasteiger partial charge >= 0.3 is 5.97 Å². The molecule has 0 saturated heterocycles. The van der Waals surface area contributed by atoms with E-state index in [9.17, 15) is 4.79 Å². The molecular weight excluding hydrogens is 286 g/mol. The molecule has 0 amide bonds. The van der Waals surface area contributed by atoms with Crippen molar-refractivity contribution in [1.82, 2.24) is 4.65 Å². The minimum Gasteiger partial charge on any atom is -1.00 e. The number of quaternary nitrogens is 1. The summed E-state index contributed by atoms with van der Waals surface area (Å²) in [5.74, 6) is -0.445. The van der Waals surface area contributed by atoms with Crippen LogP contribution in [0.25, 0.3) is 0 Å². The van der Waals surface area contributed by atoms with Crippen LogP contribution in [0.15, 0.2) is 73.3 Å². The van der Waals surface area contributed by atoms with Crippen LogP contribution in [0.4, 0.5) is 11.4 Å². The number of hydrogen-bond acceptors (Lipinski definition) is 2. The van der Waals surface area contributed by atoms with E-state index in [2.05, 4.69) is 6.58 Å². The van der Waals surface area contributed by atoms with Gasteiger partial charge in [-0.2, -0.15) is 0 Å². The maximum Gasteiger partial charge on any atom is 0.390 e. The fourth-order valence-electron chi connectivity index (χ4n) is 2.21. The maximum absolute atomic E-state index is 11.8. The van der Waals surface area contributed by atoms with Gasteiger partial charge in [0, 0.05) is 30.3 Å². The second-order valence-electron chi connectivity index (χ2n) is 4.34. The molecule has 0 radical (unpaired) electrons. The topological polar surface area (TPSA) is 26.3 Å². The summed E-state index contributed by atoms with van der Waals surface area (Å²) < 4.78 is 0.0204. The summed E-state index contributed by atoms with van der Waals surface area (Å²) in [6, 6.07) is 19.4. The van der Waals surface area contributed by atoms with Crippen molar-refractivity contribution >= 4 is 17.3 Å². The van der Waals surface area contributed by atoms with E-state index in [0.29, 0.717) is 6.54 Å². The lowest BCUT2D eigenvalue weighted by molar-refractivity contribution is -0.166.